The van der Waals surface area contributed by atoms with Crippen LogP contribution in [0.4, 0.5) is 0 Å². The summed E-state index contributed by atoms with van der Waals surface area (Å²) in [6, 6.07) is 19.5. The van der Waals surface area contributed by atoms with Crippen molar-refractivity contribution in [3.63, 3.8) is 0 Å². The van der Waals surface area contributed by atoms with E-state index in [1.54, 1.807) is 0 Å². The number of unbranched alkanes of at least 4 members (excludes halogenated alkanes) is 8. The van der Waals surface area contributed by atoms with Gasteiger partial charge in [0.15, 0.2) is 0 Å². The molecule has 4 aromatic carbocycles. The van der Waals surface area contributed by atoms with E-state index in [0.717, 1.165) is 100 Å². The van der Waals surface area contributed by atoms with Crippen LogP contribution in [0.2, 0.25) is 0 Å². The second kappa shape index (κ2) is 26.3. The fourth-order valence-electron chi connectivity index (χ4n) is 9.62. The molecule has 0 saturated carbocycles. The van der Waals surface area contributed by atoms with E-state index in [9.17, 15) is 0 Å². The number of ether oxygens (including phenoxy) is 4. The summed E-state index contributed by atoms with van der Waals surface area (Å²) in [5.41, 5.74) is 14.3. The zero-order valence-electron chi connectivity index (χ0n) is 47.5. The van der Waals surface area contributed by atoms with Crippen LogP contribution in [0.5, 0.6) is 23.0 Å². The van der Waals surface area contributed by atoms with Crippen LogP contribution in [0.15, 0.2) is 99.2 Å². The zero-order chi connectivity index (χ0) is 52.7. The molecule has 0 radical (unpaired) electrons. The van der Waals surface area contributed by atoms with E-state index >= 15 is 0 Å². The van der Waals surface area contributed by atoms with Crippen LogP contribution in [-0.2, 0) is 47.3 Å². The summed E-state index contributed by atoms with van der Waals surface area (Å²) in [4.78, 5) is 0. The number of hydrogen-bond donors (Lipinski definition) is 0. The van der Waals surface area contributed by atoms with Crippen LogP contribution in [0.3, 0.4) is 0 Å². The molecule has 0 N–H and O–H groups in total. The van der Waals surface area contributed by atoms with E-state index in [2.05, 4.69) is 158 Å². The van der Waals surface area contributed by atoms with Gasteiger partial charge in [-0.2, -0.15) is 0 Å². The Morgan fingerprint density at radius 3 is 0.611 bits per heavy atom. The standard InChI is InChI=1S/C68H96O4/c1-17-21-25-29-33-69-61-49-37-51-43-58(66(8,9)10)45-53(62(51)70-34-30-26-22-18-2)39-55-47-60(68(14,15)16)48-56(64(55)72-36-32-28-24-20-4)40-54-46-59(67(11,12)13)44-52(63(54)71-35-31-27-23-19-3)38-50(61)42-57(41-49)65(5,6)7/h17-20,41-48H,1-4,21-40H2,5-16H3. The highest BCUT2D eigenvalue weighted by atomic mass is 16.5. The van der Waals surface area contributed by atoms with Gasteiger partial charge >= 0.3 is 0 Å². The average molecular weight is 978 g/mol. The van der Waals surface area contributed by atoms with Gasteiger partial charge in [0.05, 0.1) is 26.4 Å². The number of fused-ring (bicyclic) bond motifs is 8. The molecule has 4 nitrogen and oxygen atoms in total. The first-order valence-corrected chi connectivity index (χ1v) is 27.7. The molecule has 0 spiro atoms. The monoisotopic (exact) mass is 977 g/mol. The minimum atomic E-state index is -0.117. The average Bonchev–Trinajstić information content (AvgIpc) is 3.29. The Labute approximate surface area is 439 Å². The van der Waals surface area contributed by atoms with Gasteiger partial charge in [-0.25, -0.2) is 0 Å². The van der Waals surface area contributed by atoms with Gasteiger partial charge in [0.25, 0.3) is 0 Å². The second-order valence-corrected chi connectivity index (χ2v) is 24.7. The fraction of sp³-hybridized carbons (Fsp3) is 0.529. The second-order valence-electron chi connectivity index (χ2n) is 24.7. The molecule has 4 heteroatoms. The van der Waals surface area contributed by atoms with Crippen molar-refractivity contribution < 1.29 is 18.9 Å². The molecule has 8 bridgehead atoms. The molecule has 1 aliphatic rings. The summed E-state index contributed by atoms with van der Waals surface area (Å²) < 4.78 is 28.8. The summed E-state index contributed by atoms with van der Waals surface area (Å²) in [5, 5.41) is 0. The highest BCUT2D eigenvalue weighted by Gasteiger charge is 2.29. The minimum Gasteiger partial charge on any atom is -0.493 e. The molecule has 0 atom stereocenters. The van der Waals surface area contributed by atoms with Crippen LogP contribution in [0.25, 0.3) is 0 Å². The predicted molar refractivity (Wildman–Crippen MR) is 310 cm³/mol. The lowest BCUT2D eigenvalue weighted by Crippen LogP contribution is -2.18. The third kappa shape index (κ3) is 16.5. The number of allylic oxidation sites excluding steroid dienone is 4. The van der Waals surface area contributed by atoms with Gasteiger partial charge in [-0.1, -0.05) is 156 Å². The van der Waals surface area contributed by atoms with Crippen LogP contribution < -0.4 is 18.9 Å². The molecular weight excluding hydrogens is 881 g/mol. The molecule has 0 saturated heterocycles. The van der Waals surface area contributed by atoms with Crippen molar-refractivity contribution in [3.8, 4) is 23.0 Å². The molecule has 0 fully saturated rings. The molecule has 0 unspecified atom stereocenters. The Morgan fingerprint density at radius 1 is 0.306 bits per heavy atom. The molecule has 4 aromatic rings. The molecule has 392 valence electrons. The van der Waals surface area contributed by atoms with Gasteiger partial charge in [-0.05, 0) is 165 Å². The number of benzene rings is 4. The maximum Gasteiger partial charge on any atom is 0.126 e. The SMILES string of the molecule is C=CCCCCOc1c2cc(C(C)(C)C)cc1Cc1cc(C(C)(C)C)cc(c1OCCCCC=C)Cc1cc(C(C)(C)C)cc(c1OCCCCC=C)Cc1cc(C(C)(C)C)cc(c1OCCCCC=C)C2. The van der Waals surface area contributed by atoms with Crippen molar-refractivity contribution in [3.05, 3.63) is 166 Å². The highest BCUT2D eigenvalue weighted by Crippen LogP contribution is 2.44. The maximum absolute atomic E-state index is 7.20. The highest BCUT2D eigenvalue weighted by molar-refractivity contribution is 5.60. The fourth-order valence-corrected chi connectivity index (χ4v) is 9.62. The predicted octanol–water partition coefficient (Wildman–Crippen LogP) is 18.5. The molecule has 72 heavy (non-hydrogen) atoms. The van der Waals surface area contributed by atoms with Crippen molar-refractivity contribution >= 4 is 0 Å². The topological polar surface area (TPSA) is 36.9 Å². The first-order chi connectivity index (χ1) is 34.1. The van der Waals surface area contributed by atoms with E-state index < -0.39 is 0 Å². The van der Waals surface area contributed by atoms with Crippen molar-refractivity contribution in [2.45, 2.75) is 207 Å². The molecule has 0 amide bonds. The molecule has 5 rings (SSSR count). The molecular formula is C68H96O4. The third-order valence-electron chi connectivity index (χ3n) is 14.2. The smallest absolute Gasteiger partial charge is 0.126 e. The zero-order valence-corrected chi connectivity index (χ0v) is 47.5. The summed E-state index contributed by atoms with van der Waals surface area (Å²) in [7, 11) is 0. The van der Waals surface area contributed by atoms with E-state index in [0.29, 0.717) is 52.1 Å². The van der Waals surface area contributed by atoms with Crippen LogP contribution in [-0.4, -0.2) is 26.4 Å². The van der Waals surface area contributed by atoms with E-state index in [1.807, 2.05) is 24.3 Å². The Bertz CT molecular complexity index is 2000. The lowest BCUT2D eigenvalue weighted by atomic mass is 9.79. The third-order valence-corrected chi connectivity index (χ3v) is 14.2. The van der Waals surface area contributed by atoms with Gasteiger partial charge in [0.1, 0.15) is 23.0 Å². The van der Waals surface area contributed by atoms with E-state index in [1.165, 1.54) is 66.8 Å². The Morgan fingerprint density at radius 2 is 0.472 bits per heavy atom. The normalized spacial score (nSPS) is 13.1. The van der Waals surface area contributed by atoms with Gasteiger partial charge < -0.3 is 18.9 Å². The summed E-state index contributed by atoms with van der Waals surface area (Å²) >= 11 is 0. The maximum atomic E-state index is 7.20. The summed E-state index contributed by atoms with van der Waals surface area (Å²) in [6.45, 7) is 46.6. The lowest BCUT2D eigenvalue weighted by Gasteiger charge is -2.29. The van der Waals surface area contributed by atoms with Gasteiger partial charge in [-0.15, -0.1) is 26.3 Å². The number of rotatable bonds is 24. The van der Waals surface area contributed by atoms with Crippen LogP contribution in [0.1, 0.15) is 227 Å². The molecule has 0 heterocycles. The first kappa shape index (κ1) is 57.9. The van der Waals surface area contributed by atoms with Crippen molar-refractivity contribution in [1.82, 2.24) is 0 Å². The number of hydrogen-bond acceptors (Lipinski definition) is 4. The lowest BCUT2D eigenvalue weighted by molar-refractivity contribution is 0.295. The summed E-state index contributed by atoms with van der Waals surface area (Å²) in [6.07, 6.45) is 22.5. The molecule has 0 aliphatic heterocycles. The summed E-state index contributed by atoms with van der Waals surface area (Å²) in [5.74, 6) is 3.95. The minimum absolute atomic E-state index is 0.117. The largest absolute Gasteiger partial charge is 0.493 e. The quantitative estimate of drug-likeness (QED) is 0.0456. The van der Waals surface area contributed by atoms with Gasteiger partial charge in [-0.3, -0.25) is 0 Å². The Balaban J connectivity index is 1.97. The van der Waals surface area contributed by atoms with E-state index in [-0.39, 0.29) is 21.7 Å². The molecule has 1 aliphatic carbocycles. The van der Waals surface area contributed by atoms with Crippen molar-refractivity contribution in [2.24, 2.45) is 0 Å². The van der Waals surface area contributed by atoms with Crippen molar-refractivity contribution in [2.75, 3.05) is 26.4 Å². The first-order valence-electron chi connectivity index (χ1n) is 27.7. The Kier molecular flexibility index (Phi) is 21.2. The Hall–Kier alpha value is -4.96. The van der Waals surface area contributed by atoms with E-state index in [4.69, 9.17) is 18.9 Å². The van der Waals surface area contributed by atoms with Gasteiger partial charge in [0.2, 0.25) is 0 Å². The van der Waals surface area contributed by atoms with Crippen molar-refractivity contribution in [1.29, 1.82) is 0 Å². The van der Waals surface area contributed by atoms with Crippen LogP contribution >= 0.6 is 0 Å². The molecule has 0 aromatic heterocycles. The van der Waals surface area contributed by atoms with Gasteiger partial charge in [0, 0.05) is 25.7 Å². The van der Waals surface area contributed by atoms with Crippen LogP contribution in [0, 0.1) is 0 Å².